The maximum atomic E-state index is 15.7. The second kappa shape index (κ2) is 27.6. The molecule has 75 heavy (non-hydrogen) atoms. The normalized spacial score (nSPS) is 20.8. The van der Waals surface area contributed by atoms with Gasteiger partial charge in [-0.05, 0) is 124 Å². The first-order valence-corrected chi connectivity index (χ1v) is 26.0. The van der Waals surface area contributed by atoms with Crippen LogP contribution in [0.2, 0.25) is 5.02 Å². The van der Waals surface area contributed by atoms with E-state index in [0.717, 1.165) is 53.0 Å². The first kappa shape index (κ1) is 57.3. The van der Waals surface area contributed by atoms with Gasteiger partial charge in [-0.25, -0.2) is 18.4 Å². The first-order valence-electron chi connectivity index (χ1n) is 25.6. The number of likely N-dealkylation sites (tertiary alicyclic amines) is 1. The van der Waals surface area contributed by atoms with E-state index in [2.05, 4.69) is 9.68 Å². The molecule has 3 aromatic rings. The van der Waals surface area contributed by atoms with Crippen LogP contribution in [0.3, 0.4) is 0 Å². The third-order valence-electron chi connectivity index (χ3n) is 14.4. The lowest BCUT2D eigenvalue weighted by molar-refractivity contribution is -0.492. The molecule has 1 aliphatic carbocycles. The predicted octanol–water partition coefficient (Wildman–Crippen LogP) is 8.56. The lowest BCUT2D eigenvalue weighted by Crippen LogP contribution is -2.64. The molecule has 4 fully saturated rings. The number of carbonyl (C=O) groups is 4. The van der Waals surface area contributed by atoms with Crippen LogP contribution in [-0.4, -0.2) is 148 Å². The quantitative estimate of drug-likeness (QED) is 0.0269. The summed E-state index contributed by atoms with van der Waals surface area (Å²) >= 11 is 5.96. The molecule has 3 saturated heterocycles. The van der Waals surface area contributed by atoms with E-state index in [1.807, 2.05) is 54.3 Å². The van der Waals surface area contributed by atoms with Crippen molar-refractivity contribution in [1.29, 1.82) is 0 Å². The Morgan fingerprint density at radius 1 is 0.747 bits per heavy atom. The van der Waals surface area contributed by atoms with Crippen molar-refractivity contribution >= 4 is 35.7 Å². The fourth-order valence-electron chi connectivity index (χ4n) is 10.6. The van der Waals surface area contributed by atoms with Gasteiger partial charge in [0, 0.05) is 56.5 Å². The molecule has 0 spiro atoms. The molecule has 5 unspecified atom stereocenters. The number of halogens is 3. The SMILES string of the molecule is COc1ccc(CN(C(=O)C2C(c3ccc(CCCOc4c(F)ccc(F)c4Cl)cc3)CC3CC(C(=O)N4CCC(OC(=O)OCCCCON(O)O)CC4)CC2N3C(=O)OCCCCON(O)O)C2CC2)cc1C. The highest BCUT2D eigenvalue weighted by Crippen LogP contribution is 2.50. The van der Waals surface area contributed by atoms with E-state index in [9.17, 15) is 23.2 Å². The summed E-state index contributed by atoms with van der Waals surface area (Å²) in [5.74, 6) is -3.11. The summed E-state index contributed by atoms with van der Waals surface area (Å²) in [5, 5.41) is 34.0. The summed E-state index contributed by atoms with van der Waals surface area (Å²) in [4.78, 5) is 71.8. The maximum absolute atomic E-state index is 15.7. The Labute approximate surface area is 439 Å². The Bertz CT molecular complexity index is 2380. The average Bonchev–Trinajstić information content (AvgIpc) is 4.24. The molecular weight excluding hydrogens is 1010 g/mol. The van der Waals surface area contributed by atoms with Gasteiger partial charge in [-0.3, -0.25) is 40.1 Å². The molecule has 3 aliphatic heterocycles. The van der Waals surface area contributed by atoms with Crippen LogP contribution in [0.5, 0.6) is 11.5 Å². The Morgan fingerprint density at radius 3 is 2.03 bits per heavy atom. The van der Waals surface area contributed by atoms with Crippen molar-refractivity contribution < 1.29 is 82.1 Å². The van der Waals surface area contributed by atoms with Crippen LogP contribution in [0.4, 0.5) is 18.4 Å². The van der Waals surface area contributed by atoms with Gasteiger partial charge in [-0.1, -0.05) is 48.0 Å². The number of nitrogens with zero attached hydrogens (tertiary/aromatic N) is 5. The van der Waals surface area contributed by atoms with Crippen LogP contribution < -0.4 is 9.47 Å². The molecule has 0 radical (unpaired) electrons. The highest BCUT2D eigenvalue weighted by Gasteiger charge is 2.56. The largest absolute Gasteiger partial charge is 0.508 e. The summed E-state index contributed by atoms with van der Waals surface area (Å²) in [6.45, 7) is 2.98. The first-order chi connectivity index (χ1) is 36.1. The highest BCUT2D eigenvalue weighted by atomic mass is 35.5. The zero-order valence-electron chi connectivity index (χ0n) is 42.2. The molecule has 4 N–H and O–H groups in total. The van der Waals surface area contributed by atoms with Crippen molar-refractivity contribution in [2.24, 2.45) is 11.8 Å². The third-order valence-corrected chi connectivity index (χ3v) is 14.7. The van der Waals surface area contributed by atoms with Gasteiger partial charge in [0.25, 0.3) is 0 Å². The number of fused-ring (bicyclic) bond motifs is 2. The second-order valence-electron chi connectivity index (χ2n) is 19.5. The van der Waals surface area contributed by atoms with Gasteiger partial charge in [0.05, 0.1) is 56.8 Å². The van der Waals surface area contributed by atoms with Crippen LogP contribution in [0.25, 0.3) is 0 Å². The zero-order chi connectivity index (χ0) is 53.6. The Hall–Kier alpha value is -5.43. The minimum Gasteiger partial charge on any atom is -0.496 e. The molecular formula is C52H68ClF2N5O15. The number of unbranched alkanes of at least 4 members (excludes halogenated alkanes) is 2. The number of amides is 3. The molecule has 3 heterocycles. The van der Waals surface area contributed by atoms with Crippen molar-refractivity contribution in [2.45, 2.75) is 127 Å². The molecule has 3 aromatic carbocycles. The summed E-state index contributed by atoms with van der Waals surface area (Å²) < 4.78 is 56.1. The van der Waals surface area contributed by atoms with Gasteiger partial charge in [-0.2, -0.15) is 0 Å². The van der Waals surface area contributed by atoms with Gasteiger partial charge < -0.3 is 38.4 Å². The summed E-state index contributed by atoms with van der Waals surface area (Å²) in [6, 6.07) is 14.4. The standard InChI is InChI=1S/C52H68ClF2N5O15/c1-33-28-35(11-18-45(33)69-2)32-57(38-14-15-38)50(62)46-41(36-12-9-34(10-13-36)8-7-25-70-48-43(55)17-16-42(54)47(48)53)31-39-29-37(30-44(46)58(39)51(63)71-23-3-5-26-73-59(65)66)49(61)56-21-19-40(20-22-56)75-52(64)72-24-4-6-27-74-60(67)68/h9-13,16-18,28,37-41,44,46,65-68H,3-8,14-15,19-27,29-32H2,1-2H3. The minimum atomic E-state index is -0.841. The van der Waals surface area contributed by atoms with Crippen molar-refractivity contribution in [3.8, 4) is 11.5 Å². The molecule has 0 aromatic heterocycles. The van der Waals surface area contributed by atoms with E-state index in [-0.39, 0.29) is 79.8 Å². The van der Waals surface area contributed by atoms with Crippen LogP contribution in [-0.2, 0) is 46.4 Å². The molecule has 4 aliphatic rings. The van der Waals surface area contributed by atoms with Gasteiger partial charge in [-0.15, -0.1) is 0 Å². The lowest BCUT2D eigenvalue weighted by atomic mass is 9.65. The number of benzene rings is 3. The fourth-order valence-corrected chi connectivity index (χ4v) is 10.8. The van der Waals surface area contributed by atoms with Gasteiger partial charge in [0.1, 0.15) is 22.7 Å². The molecule has 3 amide bonds. The van der Waals surface area contributed by atoms with E-state index in [1.54, 1.807) is 16.9 Å². The molecule has 412 valence electrons. The molecule has 7 rings (SSSR count). The van der Waals surface area contributed by atoms with Crippen molar-refractivity contribution in [3.63, 3.8) is 0 Å². The Kier molecular flexibility index (Phi) is 21.1. The zero-order valence-corrected chi connectivity index (χ0v) is 43.0. The van der Waals surface area contributed by atoms with Crippen LogP contribution in [0.1, 0.15) is 105 Å². The smallest absolute Gasteiger partial charge is 0.496 e. The third kappa shape index (κ3) is 15.8. The van der Waals surface area contributed by atoms with Gasteiger partial charge >= 0.3 is 12.2 Å². The van der Waals surface area contributed by atoms with Crippen LogP contribution >= 0.6 is 11.6 Å². The number of methoxy groups -OCH3 is 1. The predicted molar refractivity (Wildman–Crippen MR) is 260 cm³/mol. The maximum Gasteiger partial charge on any atom is 0.508 e. The van der Waals surface area contributed by atoms with E-state index in [4.69, 9.17) is 56.1 Å². The number of hydrogen-bond donors (Lipinski definition) is 4. The number of piperidine rings is 3. The van der Waals surface area contributed by atoms with Crippen LogP contribution in [0.15, 0.2) is 54.6 Å². The minimum absolute atomic E-state index is 0.00520. The van der Waals surface area contributed by atoms with Gasteiger partial charge in [0.15, 0.2) is 11.6 Å². The Balaban J connectivity index is 1.10. The second-order valence-corrected chi connectivity index (χ2v) is 19.9. The van der Waals surface area contributed by atoms with Gasteiger partial charge in [0.2, 0.25) is 11.8 Å². The topological polar surface area (TPSA) is 230 Å². The number of carbonyl (C=O) groups excluding carboxylic acids is 4. The highest BCUT2D eigenvalue weighted by molar-refractivity contribution is 6.32. The summed E-state index contributed by atoms with van der Waals surface area (Å²) in [7, 11) is 1.61. The van der Waals surface area contributed by atoms with Crippen LogP contribution in [0, 0.1) is 30.4 Å². The molecule has 2 bridgehead atoms. The number of ether oxygens (including phenoxy) is 5. The van der Waals surface area contributed by atoms with Crippen molar-refractivity contribution in [3.05, 3.63) is 93.5 Å². The van der Waals surface area contributed by atoms with E-state index < -0.39 is 58.9 Å². The summed E-state index contributed by atoms with van der Waals surface area (Å²) in [6.07, 6.45) is 3.79. The van der Waals surface area contributed by atoms with Crippen molar-refractivity contribution in [1.82, 2.24) is 25.5 Å². The number of hydrogen-bond acceptors (Lipinski definition) is 17. The molecule has 5 atom stereocenters. The molecule has 1 saturated carbocycles. The average molecular weight is 1080 g/mol. The molecule has 20 nitrogen and oxygen atoms in total. The fraction of sp³-hybridized carbons (Fsp3) is 0.577. The van der Waals surface area contributed by atoms with E-state index in [1.165, 1.54) is 0 Å². The number of aryl methyl sites for hydroxylation is 2. The summed E-state index contributed by atoms with van der Waals surface area (Å²) in [5.41, 5.74) is 3.67. The molecule has 23 heteroatoms. The van der Waals surface area contributed by atoms with E-state index >= 15 is 4.79 Å². The van der Waals surface area contributed by atoms with E-state index in [0.29, 0.717) is 83.8 Å². The van der Waals surface area contributed by atoms with Crippen molar-refractivity contribution in [2.75, 3.05) is 53.2 Å². The monoisotopic (exact) mass is 1080 g/mol. The lowest BCUT2D eigenvalue weighted by Gasteiger charge is -2.54. The Morgan fingerprint density at radius 2 is 1.39 bits per heavy atom. The number of rotatable bonds is 25.